The summed E-state index contributed by atoms with van der Waals surface area (Å²) in [5.74, 6) is -0.320. The molecule has 0 spiro atoms. The molecule has 0 fully saturated rings. The quantitative estimate of drug-likeness (QED) is 0.793. The van der Waals surface area contributed by atoms with E-state index in [1.165, 1.54) is 4.90 Å². The molecule has 0 saturated carbocycles. The van der Waals surface area contributed by atoms with Gasteiger partial charge in [-0.05, 0) is 0 Å². The summed E-state index contributed by atoms with van der Waals surface area (Å²) in [6, 6.07) is 0. The number of anilines is 2. The van der Waals surface area contributed by atoms with E-state index in [1.807, 2.05) is 0 Å². The maximum absolute atomic E-state index is 11.9. The average Bonchev–Trinajstić information content (AvgIpc) is 2.61. The minimum Gasteiger partial charge on any atom is -0.396 e. The van der Waals surface area contributed by atoms with Crippen molar-refractivity contribution in [1.29, 1.82) is 0 Å². The van der Waals surface area contributed by atoms with Crippen LogP contribution in [0.1, 0.15) is 9.67 Å². The van der Waals surface area contributed by atoms with E-state index >= 15 is 0 Å². The van der Waals surface area contributed by atoms with Crippen LogP contribution in [0, 0.1) is 0 Å². The molecule has 1 heterocycles. The van der Waals surface area contributed by atoms with Gasteiger partial charge < -0.3 is 16.0 Å². The lowest BCUT2D eigenvalue weighted by molar-refractivity contribution is 0.0833. The van der Waals surface area contributed by atoms with Crippen molar-refractivity contribution in [2.75, 3.05) is 37.9 Å². The minimum absolute atomic E-state index is 0.00207. The van der Waals surface area contributed by atoms with Gasteiger partial charge in [0.15, 0.2) is 9.84 Å². The molecule has 3 N–H and O–H groups in total. The van der Waals surface area contributed by atoms with Gasteiger partial charge in [-0.15, -0.1) is 17.9 Å². The SMILES string of the molecule is C=CCNc1sc(C(=O)N(C)C)c(N)c1S(C)(=O)=O. The predicted molar refractivity (Wildman–Crippen MR) is 78.5 cm³/mol. The van der Waals surface area contributed by atoms with E-state index < -0.39 is 9.84 Å². The van der Waals surface area contributed by atoms with Gasteiger partial charge in [0.1, 0.15) is 14.8 Å². The van der Waals surface area contributed by atoms with Crippen molar-refractivity contribution in [3.05, 3.63) is 17.5 Å². The summed E-state index contributed by atoms with van der Waals surface area (Å²) in [5, 5.41) is 3.26. The van der Waals surface area contributed by atoms with E-state index in [9.17, 15) is 13.2 Å². The first-order valence-electron chi connectivity index (χ1n) is 5.38. The summed E-state index contributed by atoms with van der Waals surface area (Å²) in [7, 11) is -0.351. The number of nitrogens with zero attached hydrogens (tertiary/aromatic N) is 1. The molecular formula is C11H17N3O3S2. The first-order valence-corrected chi connectivity index (χ1v) is 8.09. The standard InChI is InChI=1S/C11H17N3O3S2/c1-5-6-13-10-9(19(4,16)17)7(12)8(18-10)11(15)14(2)3/h5,13H,1,6,12H2,2-4H3. The molecule has 0 aromatic carbocycles. The fourth-order valence-electron chi connectivity index (χ4n) is 1.44. The Morgan fingerprint density at radius 1 is 1.53 bits per heavy atom. The molecule has 1 rings (SSSR count). The van der Waals surface area contributed by atoms with Gasteiger partial charge in [-0.25, -0.2) is 8.42 Å². The second-order valence-corrected chi connectivity index (χ2v) is 7.12. The van der Waals surface area contributed by atoms with E-state index in [0.717, 1.165) is 17.6 Å². The number of hydrogen-bond acceptors (Lipinski definition) is 6. The highest BCUT2D eigenvalue weighted by atomic mass is 32.2. The van der Waals surface area contributed by atoms with Crippen LogP contribution in [0.4, 0.5) is 10.7 Å². The third-order valence-corrected chi connectivity index (χ3v) is 4.72. The van der Waals surface area contributed by atoms with Gasteiger partial charge in [0.2, 0.25) is 0 Å². The first-order chi connectivity index (χ1) is 8.70. The summed E-state index contributed by atoms with van der Waals surface area (Å²) in [6.45, 7) is 3.93. The number of hydrogen-bond donors (Lipinski definition) is 2. The highest BCUT2D eigenvalue weighted by Gasteiger charge is 2.27. The summed E-state index contributed by atoms with van der Waals surface area (Å²) < 4.78 is 23.6. The first kappa shape index (κ1) is 15.5. The number of nitrogens with one attached hydrogen (secondary N) is 1. The Hall–Kier alpha value is -1.54. The third-order valence-electron chi connectivity index (χ3n) is 2.28. The van der Waals surface area contributed by atoms with Crippen LogP contribution < -0.4 is 11.1 Å². The molecule has 0 atom stereocenters. The number of rotatable bonds is 5. The lowest BCUT2D eigenvalue weighted by Gasteiger charge is -2.08. The van der Waals surface area contributed by atoms with Crippen molar-refractivity contribution in [1.82, 2.24) is 4.90 Å². The molecule has 1 aromatic heterocycles. The molecule has 106 valence electrons. The highest BCUT2D eigenvalue weighted by Crippen LogP contribution is 2.39. The molecule has 0 aliphatic rings. The van der Waals surface area contributed by atoms with Gasteiger partial charge in [0, 0.05) is 26.9 Å². The lowest BCUT2D eigenvalue weighted by Crippen LogP contribution is -2.21. The van der Waals surface area contributed by atoms with Crippen molar-refractivity contribution in [2.24, 2.45) is 0 Å². The third kappa shape index (κ3) is 3.27. The number of carbonyl (C=O) groups is 1. The Morgan fingerprint density at radius 2 is 2.11 bits per heavy atom. The van der Waals surface area contributed by atoms with E-state index in [-0.39, 0.29) is 21.4 Å². The monoisotopic (exact) mass is 303 g/mol. The molecule has 0 aliphatic carbocycles. The van der Waals surface area contributed by atoms with E-state index in [4.69, 9.17) is 5.73 Å². The molecule has 0 saturated heterocycles. The van der Waals surface area contributed by atoms with Crippen molar-refractivity contribution in [3.63, 3.8) is 0 Å². The van der Waals surface area contributed by atoms with Crippen molar-refractivity contribution >= 4 is 37.8 Å². The number of carbonyl (C=O) groups excluding carboxylic acids is 1. The van der Waals surface area contributed by atoms with Gasteiger partial charge in [0.05, 0.1) is 5.69 Å². The smallest absolute Gasteiger partial charge is 0.265 e. The van der Waals surface area contributed by atoms with Gasteiger partial charge in [-0.3, -0.25) is 4.79 Å². The number of sulfone groups is 1. The fraction of sp³-hybridized carbons (Fsp3) is 0.364. The largest absolute Gasteiger partial charge is 0.396 e. The Kier molecular flexibility index (Phi) is 4.59. The Bertz CT molecular complexity index is 603. The molecule has 1 amide bonds. The summed E-state index contributed by atoms with van der Waals surface area (Å²) in [5.41, 5.74) is 5.82. The molecule has 0 bridgehead atoms. The van der Waals surface area contributed by atoms with E-state index in [0.29, 0.717) is 11.5 Å². The number of thiophene rings is 1. The van der Waals surface area contributed by atoms with Crippen LogP contribution in [0.25, 0.3) is 0 Å². The summed E-state index contributed by atoms with van der Waals surface area (Å²) in [4.78, 5) is 13.5. The van der Waals surface area contributed by atoms with E-state index in [1.54, 1.807) is 20.2 Å². The molecular weight excluding hydrogens is 286 g/mol. The summed E-state index contributed by atoms with van der Waals surface area (Å²) >= 11 is 1.04. The maximum Gasteiger partial charge on any atom is 0.265 e. The molecule has 19 heavy (non-hydrogen) atoms. The minimum atomic E-state index is -3.52. The maximum atomic E-state index is 11.9. The molecule has 0 aliphatic heterocycles. The fourth-order valence-corrected chi connectivity index (χ4v) is 4.04. The Labute approximate surface area is 116 Å². The van der Waals surface area contributed by atoms with Crippen molar-refractivity contribution < 1.29 is 13.2 Å². The average molecular weight is 303 g/mol. The number of amides is 1. The summed E-state index contributed by atoms with van der Waals surface area (Å²) in [6.07, 6.45) is 2.66. The van der Waals surface area contributed by atoms with Crippen LogP contribution >= 0.6 is 11.3 Å². The van der Waals surface area contributed by atoms with Gasteiger partial charge in [-0.2, -0.15) is 0 Å². The van der Waals surface area contributed by atoms with Gasteiger partial charge in [0.25, 0.3) is 5.91 Å². The predicted octanol–water partition coefficient (Wildman–Crippen LogP) is 1.03. The zero-order valence-corrected chi connectivity index (χ0v) is 12.7. The van der Waals surface area contributed by atoms with Gasteiger partial charge >= 0.3 is 0 Å². The molecule has 0 radical (unpaired) electrons. The molecule has 1 aromatic rings. The van der Waals surface area contributed by atoms with Gasteiger partial charge in [-0.1, -0.05) is 6.08 Å². The molecule has 0 unspecified atom stereocenters. The van der Waals surface area contributed by atoms with Crippen LogP contribution in [-0.2, 0) is 9.84 Å². The molecule has 6 nitrogen and oxygen atoms in total. The Morgan fingerprint density at radius 3 is 2.53 bits per heavy atom. The zero-order chi connectivity index (χ0) is 14.8. The highest BCUT2D eigenvalue weighted by molar-refractivity contribution is 7.91. The molecule has 8 heteroatoms. The van der Waals surface area contributed by atoms with Crippen molar-refractivity contribution in [2.45, 2.75) is 4.90 Å². The Balaban J connectivity index is 3.43. The van der Waals surface area contributed by atoms with Crippen LogP contribution in [0.3, 0.4) is 0 Å². The zero-order valence-electron chi connectivity index (χ0n) is 11.1. The second kappa shape index (κ2) is 5.62. The van der Waals surface area contributed by atoms with E-state index in [2.05, 4.69) is 11.9 Å². The second-order valence-electron chi connectivity index (χ2n) is 4.14. The van der Waals surface area contributed by atoms with Crippen LogP contribution in [0.15, 0.2) is 17.6 Å². The topological polar surface area (TPSA) is 92.5 Å². The van der Waals surface area contributed by atoms with Crippen LogP contribution in [-0.4, -0.2) is 46.1 Å². The number of nitrogens with two attached hydrogens (primary N) is 1. The normalized spacial score (nSPS) is 11.1. The number of nitrogen functional groups attached to an aromatic ring is 1. The van der Waals surface area contributed by atoms with Crippen LogP contribution in [0.2, 0.25) is 0 Å². The van der Waals surface area contributed by atoms with Crippen LogP contribution in [0.5, 0.6) is 0 Å². The lowest BCUT2D eigenvalue weighted by atomic mass is 10.3. The van der Waals surface area contributed by atoms with Crippen molar-refractivity contribution in [3.8, 4) is 0 Å².